The maximum absolute atomic E-state index is 10.6. The van der Waals surface area contributed by atoms with Gasteiger partial charge in [0, 0.05) is 0 Å². The number of hydrogen-bond donors (Lipinski definition) is 2. The Kier molecular flexibility index (Phi) is 4.81. The van der Waals surface area contributed by atoms with E-state index in [-0.39, 0.29) is 6.61 Å². The zero-order chi connectivity index (χ0) is 8.85. The van der Waals surface area contributed by atoms with Crippen molar-refractivity contribution < 1.29 is 9.90 Å². The summed E-state index contributed by atoms with van der Waals surface area (Å²) in [4.78, 5) is 12.5. The summed E-state index contributed by atoms with van der Waals surface area (Å²) in [6.07, 6.45) is 0.624. The van der Waals surface area contributed by atoms with Crippen molar-refractivity contribution in [1.82, 2.24) is 4.90 Å². The zero-order valence-electron chi connectivity index (χ0n) is 7.08. The molecule has 0 heterocycles. The molecule has 0 aliphatic heterocycles. The Hall–Kier alpha value is -0.610. The van der Waals surface area contributed by atoms with Crippen LogP contribution in [0.4, 0.5) is 0 Å². The molecule has 66 valence electrons. The number of hydrogen-bond acceptors (Lipinski definition) is 3. The molecule has 4 heteroatoms. The fourth-order valence-corrected chi connectivity index (χ4v) is 0.738. The molecule has 0 spiro atoms. The van der Waals surface area contributed by atoms with E-state index in [1.807, 2.05) is 19.0 Å². The van der Waals surface area contributed by atoms with E-state index in [0.717, 1.165) is 6.54 Å². The monoisotopic (exact) mass is 160 g/mol. The summed E-state index contributed by atoms with van der Waals surface area (Å²) in [5, 5.41) is 8.69. The normalized spacial score (nSPS) is 13.5. The first-order chi connectivity index (χ1) is 5.07. The molecule has 1 amide bonds. The van der Waals surface area contributed by atoms with E-state index in [4.69, 9.17) is 10.8 Å². The second-order valence-electron chi connectivity index (χ2n) is 2.87. The molecular weight excluding hydrogens is 144 g/mol. The molecule has 0 aromatic rings. The molecule has 0 bridgehead atoms. The minimum atomic E-state index is -0.422. The van der Waals surface area contributed by atoms with Gasteiger partial charge in [-0.3, -0.25) is 4.79 Å². The minimum absolute atomic E-state index is 0.150. The lowest BCUT2D eigenvalue weighted by molar-refractivity contribution is -0.123. The van der Waals surface area contributed by atoms with Crippen molar-refractivity contribution in [3.8, 4) is 0 Å². The van der Waals surface area contributed by atoms with Crippen LogP contribution in [0.25, 0.3) is 0 Å². The predicted molar refractivity (Wildman–Crippen MR) is 42.9 cm³/mol. The maximum atomic E-state index is 10.6. The van der Waals surface area contributed by atoms with Crippen LogP contribution in [0.5, 0.6) is 0 Å². The summed E-state index contributed by atoms with van der Waals surface area (Å²) in [5.41, 5.74) is 5.02. The number of nitrogens with two attached hydrogens (primary N) is 1. The Morgan fingerprint density at radius 1 is 1.64 bits per heavy atom. The average molecular weight is 160 g/mol. The first kappa shape index (κ1) is 10.4. The van der Waals surface area contributed by atoms with Gasteiger partial charge in [-0.1, -0.05) is 0 Å². The lowest BCUT2D eigenvalue weighted by Gasteiger charge is -2.13. The number of aliphatic hydroxyl groups is 1. The van der Waals surface area contributed by atoms with Crippen molar-refractivity contribution in [3.05, 3.63) is 0 Å². The maximum Gasteiger partial charge on any atom is 0.222 e. The standard InChI is InChI=1S/C7H16N2O2/c1-9(2)4-3-6(5-10)7(8)11/h6,10H,3-5H2,1-2H3,(H2,8,11). The number of nitrogens with zero attached hydrogens (tertiary/aromatic N) is 1. The summed E-state index contributed by atoms with van der Waals surface area (Å²) < 4.78 is 0. The van der Waals surface area contributed by atoms with Crippen molar-refractivity contribution >= 4 is 5.91 Å². The Morgan fingerprint density at radius 3 is 2.45 bits per heavy atom. The fourth-order valence-electron chi connectivity index (χ4n) is 0.738. The highest BCUT2D eigenvalue weighted by Crippen LogP contribution is 2.00. The SMILES string of the molecule is CN(C)CCC(CO)C(N)=O. The topological polar surface area (TPSA) is 66.6 Å². The van der Waals surface area contributed by atoms with Gasteiger partial charge in [0.15, 0.2) is 0 Å². The Morgan fingerprint density at radius 2 is 2.18 bits per heavy atom. The van der Waals surface area contributed by atoms with Crippen LogP contribution in [0.2, 0.25) is 0 Å². The van der Waals surface area contributed by atoms with Crippen LogP contribution >= 0.6 is 0 Å². The first-order valence-corrected chi connectivity index (χ1v) is 3.62. The van der Waals surface area contributed by atoms with Gasteiger partial charge in [0.1, 0.15) is 0 Å². The second-order valence-corrected chi connectivity index (χ2v) is 2.87. The molecule has 0 rings (SSSR count). The molecule has 0 aromatic carbocycles. The van der Waals surface area contributed by atoms with Crippen molar-refractivity contribution in [2.45, 2.75) is 6.42 Å². The molecule has 0 saturated heterocycles. The largest absolute Gasteiger partial charge is 0.396 e. The molecule has 4 nitrogen and oxygen atoms in total. The van der Waals surface area contributed by atoms with Crippen LogP contribution in [0.1, 0.15) is 6.42 Å². The third kappa shape index (κ3) is 4.75. The fraction of sp³-hybridized carbons (Fsp3) is 0.857. The molecule has 11 heavy (non-hydrogen) atoms. The van der Waals surface area contributed by atoms with E-state index in [1.165, 1.54) is 0 Å². The van der Waals surface area contributed by atoms with Gasteiger partial charge in [0.2, 0.25) is 5.91 Å². The number of amides is 1. The summed E-state index contributed by atoms with van der Waals surface area (Å²) in [5.74, 6) is -0.813. The molecule has 1 atom stereocenters. The van der Waals surface area contributed by atoms with Gasteiger partial charge in [-0.25, -0.2) is 0 Å². The van der Waals surface area contributed by atoms with Gasteiger partial charge >= 0.3 is 0 Å². The van der Waals surface area contributed by atoms with E-state index >= 15 is 0 Å². The lowest BCUT2D eigenvalue weighted by atomic mass is 10.1. The highest BCUT2D eigenvalue weighted by molar-refractivity contribution is 5.76. The van der Waals surface area contributed by atoms with Crippen molar-refractivity contribution in [2.24, 2.45) is 11.7 Å². The molecule has 0 saturated carbocycles. The van der Waals surface area contributed by atoms with Gasteiger partial charge < -0.3 is 15.7 Å². The molecular formula is C7H16N2O2. The Labute approximate surface area is 67.0 Å². The van der Waals surface area contributed by atoms with Gasteiger partial charge in [0.25, 0.3) is 0 Å². The van der Waals surface area contributed by atoms with E-state index in [0.29, 0.717) is 6.42 Å². The summed E-state index contributed by atoms with van der Waals surface area (Å²) >= 11 is 0. The van der Waals surface area contributed by atoms with Gasteiger partial charge in [-0.05, 0) is 27.1 Å². The van der Waals surface area contributed by atoms with E-state index in [1.54, 1.807) is 0 Å². The number of carbonyl (C=O) groups excluding carboxylic acids is 1. The molecule has 0 aromatic heterocycles. The lowest BCUT2D eigenvalue weighted by Crippen LogP contribution is -2.29. The molecule has 0 radical (unpaired) electrons. The summed E-state index contributed by atoms with van der Waals surface area (Å²) in [7, 11) is 3.82. The number of rotatable bonds is 5. The highest BCUT2D eigenvalue weighted by atomic mass is 16.3. The van der Waals surface area contributed by atoms with Crippen LogP contribution in [0, 0.1) is 5.92 Å². The Balaban J connectivity index is 3.61. The molecule has 0 aliphatic rings. The number of primary amides is 1. The third-order valence-electron chi connectivity index (χ3n) is 1.55. The van der Waals surface area contributed by atoms with Crippen LogP contribution in [0.3, 0.4) is 0 Å². The number of carbonyl (C=O) groups is 1. The van der Waals surface area contributed by atoms with Crippen LogP contribution in [0.15, 0.2) is 0 Å². The quantitative estimate of drug-likeness (QED) is 0.544. The number of aliphatic hydroxyl groups excluding tert-OH is 1. The summed E-state index contributed by atoms with van der Waals surface area (Å²) in [6.45, 7) is 0.622. The van der Waals surface area contributed by atoms with Gasteiger partial charge in [0.05, 0.1) is 12.5 Å². The zero-order valence-corrected chi connectivity index (χ0v) is 7.08. The van der Waals surface area contributed by atoms with Crippen molar-refractivity contribution in [1.29, 1.82) is 0 Å². The van der Waals surface area contributed by atoms with E-state index < -0.39 is 11.8 Å². The van der Waals surface area contributed by atoms with Crippen LogP contribution < -0.4 is 5.73 Å². The van der Waals surface area contributed by atoms with Crippen molar-refractivity contribution in [3.63, 3.8) is 0 Å². The smallest absolute Gasteiger partial charge is 0.222 e. The Bertz CT molecular complexity index is 126. The molecule has 0 aliphatic carbocycles. The van der Waals surface area contributed by atoms with Gasteiger partial charge in [-0.2, -0.15) is 0 Å². The third-order valence-corrected chi connectivity index (χ3v) is 1.55. The van der Waals surface area contributed by atoms with E-state index in [9.17, 15) is 4.79 Å². The first-order valence-electron chi connectivity index (χ1n) is 3.62. The summed E-state index contributed by atoms with van der Waals surface area (Å²) in [6, 6.07) is 0. The average Bonchev–Trinajstić information content (AvgIpc) is 1.87. The molecule has 0 fully saturated rings. The van der Waals surface area contributed by atoms with Crippen molar-refractivity contribution in [2.75, 3.05) is 27.2 Å². The van der Waals surface area contributed by atoms with Gasteiger partial charge in [-0.15, -0.1) is 0 Å². The van der Waals surface area contributed by atoms with E-state index in [2.05, 4.69) is 0 Å². The highest BCUT2D eigenvalue weighted by Gasteiger charge is 2.13. The minimum Gasteiger partial charge on any atom is -0.396 e. The second kappa shape index (κ2) is 5.09. The van der Waals surface area contributed by atoms with Crippen LogP contribution in [-0.2, 0) is 4.79 Å². The molecule has 3 N–H and O–H groups in total. The van der Waals surface area contributed by atoms with Crippen LogP contribution in [-0.4, -0.2) is 43.2 Å². The molecule has 1 unspecified atom stereocenters. The predicted octanol–water partition coefficient (Wildman–Crippen LogP) is -0.968.